The lowest BCUT2D eigenvalue weighted by atomic mass is 9.91. The van der Waals surface area contributed by atoms with Crippen molar-refractivity contribution in [3.05, 3.63) is 18.0 Å². The molecule has 1 aliphatic heterocycles. The van der Waals surface area contributed by atoms with Crippen LogP contribution >= 0.6 is 0 Å². The average molecular weight is 342 g/mol. The van der Waals surface area contributed by atoms with Gasteiger partial charge in [0.2, 0.25) is 15.9 Å². The number of aryl methyl sites for hydroxylation is 1. The molecule has 1 amide bonds. The zero-order valence-electron chi connectivity index (χ0n) is 13.9. The number of H-pyrrole nitrogens is 1. The second-order valence-electron chi connectivity index (χ2n) is 6.62. The number of nitrogens with zero attached hydrogens (tertiary/aromatic N) is 2. The van der Waals surface area contributed by atoms with Crippen LogP contribution in [0.1, 0.15) is 32.3 Å². The fraction of sp³-hybridized carbons (Fsp3) is 0.733. The Morgan fingerprint density at radius 1 is 1.48 bits per heavy atom. The van der Waals surface area contributed by atoms with E-state index in [-0.39, 0.29) is 17.9 Å². The quantitative estimate of drug-likeness (QED) is 0.765. The third-order valence-electron chi connectivity index (χ3n) is 4.43. The maximum Gasteiger partial charge on any atom is 0.220 e. The summed E-state index contributed by atoms with van der Waals surface area (Å²) >= 11 is 0. The van der Waals surface area contributed by atoms with Crippen molar-refractivity contribution in [2.24, 2.45) is 11.8 Å². The van der Waals surface area contributed by atoms with Crippen molar-refractivity contribution in [2.75, 3.05) is 19.3 Å². The van der Waals surface area contributed by atoms with E-state index in [0.29, 0.717) is 25.4 Å². The number of carbonyl (C=O) groups is 1. The summed E-state index contributed by atoms with van der Waals surface area (Å²) in [5.74, 6) is 0.458. The molecule has 7 nitrogen and oxygen atoms in total. The Labute approximate surface area is 137 Å². The fourth-order valence-corrected chi connectivity index (χ4v) is 3.91. The van der Waals surface area contributed by atoms with Gasteiger partial charge in [0, 0.05) is 31.7 Å². The summed E-state index contributed by atoms with van der Waals surface area (Å²) in [6.07, 6.45) is 6.80. The molecule has 0 aliphatic carbocycles. The summed E-state index contributed by atoms with van der Waals surface area (Å²) in [6.45, 7) is 4.98. The zero-order valence-corrected chi connectivity index (χ0v) is 14.8. The van der Waals surface area contributed by atoms with Crippen LogP contribution in [0.5, 0.6) is 0 Å². The maximum atomic E-state index is 12.1. The molecule has 23 heavy (non-hydrogen) atoms. The van der Waals surface area contributed by atoms with E-state index in [1.807, 2.05) is 6.20 Å². The van der Waals surface area contributed by atoms with Crippen molar-refractivity contribution >= 4 is 15.9 Å². The van der Waals surface area contributed by atoms with Crippen LogP contribution in [0.4, 0.5) is 0 Å². The third kappa shape index (κ3) is 5.04. The summed E-state index contributed by atoms with van der Waals surface area (Å²) in [4.78, 5) is 12.1. The SMILES string of the molecule is CC(C)C1CN(S(C)(=O)=O)CC1NC(=O)CCCc1cn[nH]c1. The number of aromatic nitrogens is 2. The number of nitrogens with one attached hydrogen (secondary N) is 2. The van der Waals surface area contributed by atoms with E-state index in [2.05, 4.69) is 29.4 Å². The minimum atomic E-state index is -3.21. The van der Waals surface area contributed by atoms with Gasteiger partial charge in [-0.1, -0.05) is 13.8 Å². The van der Waals surface area contributed by atoms with Crippen molar-refractivity contribution in [3.8, 4) is 0 Å². The highest BCUT2D eigenvalue weighted by molar-refractivity contribution is 7.88. The predicted molar refractivity (Wildman–Crippen MR) is 88.2 cm³/mol. The summed E-state index contributed by atoms with van der Waals surface area (Å²) < 4.78 is 24.9. The molecule has 0 spiro atoms. The molecule has 1 saturated heterocycles. The zero-order chi connectivity index (χ0) is 17.0. The lowest BCUT2D eigenvalue weighted by Gasteiger charge is -2.22. The van der Waals surface area contributed by atoms with Gasteiger partial charge in [-0.25, -0.2) is 8.42 Å². The van der Waals surface area contributed by atoms with Crippen LogP contribution in [0.3, 0.4) is 0 Å². The highest BCUT2D eigenvalue weighted by Crippen LogP contribution is 2.26. The van der Waals surface area contributed by atoms with Crippen molar-refractivity contribution in [2.45, 2.75) is 39.2 Å². The van der Waals surface area contributed by atoms with E-state index in [4.69, 9.17) is 0 Å². The maximum absolute atomic E-state index is 12.1. The predicted octanol–water partition coefficient (Wildman–Crippen LogP) is 0.765. The van der Waals surface area contributed by atoms with Crippen molar-refractivity contribution in [1.82, 2.24) is 19.8 Å². The minimum absolute atomic E-state index is 0.0144. The van der Waals surface area contributed by atoms with Crippen molar-refractivity contribution in [3.63, 3.8) is 0 Å². The van der Waals surface area contributed by atoms with Gasteiger partial charge in [-0.05, 0) is 30.2 Å². The molecule has 1 aromatic heterocycles. The molecule has 2 unspecified atom stereocenters. The molecule has 1 fully saturated rings. The monoisotopic (exact) mass is 342 g/mol. The molecule has 0 radical (unpaired) electrons. The van der Waals surface area contributed by atoms with E-state index in [1.54, 1.807) is 6.20 Å². The molecule has 1 aromatic rings. The first-order valence-electron chi connectivity index (χ1n) is 7.99. The van der Waals surface area contributed by atoms with E-state index in [1.165, 1.54) is 10.6 Å². The number of hydrogen-bond acceptors (Lipinski definition) is 4. The van der Waals surface area contributed by atoms with Gasteiger partial charge in [0.25, 0.3) is 0 Å². The molecule has 8 heteroatoms. The van der Waals surface area contributed by atoms with Gasteiger partial charge in [0.05, 0.1) is 12.5 Å². The molecular formula is C15H26N4O3S. The Morgan fingerprint density at radius 2 is 2.22 bits per heavy atom. The Balaban J connectivity index is 1.85. The second kappa shape index (κ2) is 7.44. The molecule has 0 aromatic carbocycles. The number of aromatic amines is 1. The lowest BCUT2D eigenvalue weighted by molar-refractivity contribution is -0.122. The first kappa shape index (κ1) is 17.9. The van der Waals surface area contributed by atoms with Crippen LogP contribution < -0.4 is 5.32 Å². The Hall–Kier alpha value is -1.41. The minimum Gasteiger partial charge on any atom is -0.352 e. The second-order valence-corrected chi connectivity index (χ2v) is 8.60. The highest BCUT2D eigenvalue weighted by atomic mass is 32.2. The third-order valence-corrected chi connectivity index (χ3v) is 5.66. The molecule has 1 aliphatic rings. The van der Waals surface area contributed by atoms with Crippen LogP contribution in [0.25, 0.3) is 0 Å². The van der Waals surface area contributed by atoms with Gasteiger partial charge in [-0.2, -0.15) is 9.40 Å². The fourth-order valence-electron chi connectivity index (χ4n) is 3.04. The number of hydrogen-bond donors (Lipinski definition) is 2. The van der Waals surface area contributed by atoms with Gasteiger partial charge < -0.3 is 5.32 Å². The first-order valence-corrected chi connectivity index (χ1v) is 9.84. The van der Waals surface area contributed by atoms with Crippen LogP contribution in [-0.4, -0.2) is 54.2 Å². The normalized spacial score (nSPS) is 22.6. The summed E-state index contributed by atoms with van der Waals surface area (Å²) in [5.41, 5.74) is 1.09. The van der Waals surface area contributed by atoms with E-state index in [0.717, 1.165) is 18.4 Å². The van der Waals surface area contributed by atoms with Gasteiger partial charge >= 0.3 is 0 Å². The van der Waals surface area contributed by atoms with Crippen molar-refractivity contribution < 1.29 is 13.2 Å². The smallest absolute Gasteiger partial charge is 0.220 e. The molecule has 2 N–H and O–H groups in total. The first-order chi connectivity index (χ1) is 10.8. The summed E-state index contributed by atoms with van der Waals surface area (Å²) in [6, 6.07) is -0.105. The summed E-state index contributed by atoms with van der Waals surface area (Å²) in [7, 11) is -3.21. The molecule has 2 rings (SSSR count). The standard InChI is InChI=1S/C15H26N4O3S/c1-11(2)13-9-19(23(3,21)22)10-14(13)18-15(20)6-4-5-12-7-16-17-8-12/h7-8,11,13-14H,4-6,9-10H2,1-3H3,(H,16,17)(H,18,20). The molecular weight excluding hydrogens is 316 g/mol. The topological polar surface area (TPSA) is 95.2 Å². The van der Waals surface area contributed by atoms with Crippen LogP contribution in [-0.2, 0) is 21.2 Å². The number of sulfonamides is 1. The molecule has 2 atom stereocenters. The summed E-state index contributed by atoms with van der Waals surface area (Å²) in [5, 5.41) is 9.65. The molecule has 130 valence electrons. The highest BCUT2D eigenvalue weighted by Gasteiger charge is 2.39. The lowest BCUT2D eigenvalue weighted by Crippen LogP contribution is -2.42. The largest absolute Gasteiger partial charge is 0.352 e. The van der Waals surface area contributed by atoms with E-state index < -0.39 is 10.0 Å². The van der Waals surface area contributed by atoms with E-state index >= 15 is 0 Å². The Morgan fingerprint density at radius 3 is 2.78 bits per heavy atom. The molecule has 0 bridgehead atoms. The van der Waals surface area contributed by atoms with Crippen LogP contribution in [0, 0.1) is 11.8 Å². The van der Waals surface area contributed by atoms with Crippen LogP contribution in [0.2, 0.25) is 0 Å². The van der Waals surface area contributed by atoms with Crippen molar-refractivity contribution in [1.29, 1.82) is 0 Å². The number of amides is 1. The van der Waals surface area contributed by atoms with Gasteiger partial charge in [-0.3, -0.25) is 9.89 Å². The molecule has 2 heterocycles. The molecule has 0 saturated carbocycles. The van der Waals surface area contributed by atoms with Gasteiger partial charge in [0.15, 0.2) is 0 Å². The van der Waals surface area contributed by atoms with Gasteiger partial charge in [-0.15, -0.1) is 0 Å². The van der Waals surface area contributed by atoms with E-state index in [9.17, 15) is 13.2 Å². The number of carbonyl (C=O) groups excluding carboxylic acids is 1. The van der Waals surface area contributed by atoms with Crippen LogP contribution in [0.15, 0.2) is 12.4 Å². The Bertz CT molecular complexity index is 613. The number of rotatable bonds is 7. The van der Waals surface area contributed by atoms with Gasteiger partial charge in [0.1, 0.15) is 0 Å². The average Bonchev–Trinajstić information content (AvgIpc) is 3.07. The Kier molecular flexibility index (Phi) is 5.80.